The van der Waals surface area contributed by atoms with Crippen molar-refractivity contribution in [2.24, 2.45) is 5.10 Å². The quantitative estimate of drug-likeness (QED) is 0.228. The maximum atomic E-state index is 12.1. The summed E-state index contributed by atoms with van der Waals surface area (Å²) in [6.07, 6.45) is 3.55. The number of rotatable bonds is 8. The fraction of sp³-hybridized carbons (Fsp3) is 0.115. The highest BCUT2D eigenvalue weighted by Gasteiger charge is 2.10. The Morgan fingerprint density at radius 1 is 1.06 bits per heavy atom. The van der Waals surface area contributed by atoms with Crippen LogP contribution in [-0.4, -0.2) is 36.4 Å². The van der Waals surface area contributed by atoms with Crippen LogP contribution >= 0.6 is 11.6 Å². The van der Waals surface area contributed by atoms with Crippen LogP contribution in [0.3, 0.4) is 0 Å². The summed E-state index contributed by atoms with van der Waals surface area (Å²) in [5.74, 6) is -0.208. The largest absolute Gasteiger partial charge is 0.484 e. The van der Waals surface area contributed by atoms with Crippen molar-refractivity contribution >= 4 is 40.6 Å². The predicted molar refractivity (Wildman–Crippen MR) is 132 cm³/mol. The lowest BCUT2D eigenvalue weighted by Gasteiger charge is -2.07. The number of aromatic nitrogens is 1. The van der Waals surface area contributed by atoms with Gasteiger partial charge in [-0.25, -0.2) is 10.2 Å². The molecule has 1 heterocycles. The summed E-state index contributed by atoms with van der Waals surface area (Å²) in [4.78, 5) is 23.9. The minimum atomic E-state index is -0.380. The Kier molecular flexibility index (Phi) is 7.25. The number of amides is 1. The van der Waals surface area contributed by atoms with Gasteiger partial charge in [-0.05, 0) is 48.0 Å². The fourth-order valence-electron chi connectivity index (χ4n) is 3.51. The number of hydrogen-bond donors (Lipinski definition) is 1. The summed E-state index contributed by atoms with van der Waals surface area (Å²) in [7, 11) is 1.36. The minimum absolute atomic E-state index is 0.169. The van der Waals surface area contributed by atoms with E-state index in [9.17, 15) is 9.59 Å². The van der Waals surface area contributed by atoms with Crippen molar-refractivity contribution < 1.29 is 19.1 Å². The molecule has 0 aliphatic carbocycles. The van der Waals surface area contributed by atoms with Crippen LogP contribution < -0.4 is 10.2 Å². The standard InChI is InChI=1S/C26H22ClN3O4/c1-33-26(32)19-6-4-5-18(13-19)15-30-16-20(23-7-2-3-8-24(23)30)14-28-29-25(31)17-34-22-11-9-21(27)10-12-22/h2-14,16H,15,17H2,1H3,(H,29,31). The van der Waals surface area contributed by atoms with Crippen LogP contribution in [0.25, 0.3) is 10.9 Å². The van der Waals surface area contributed by atoms with Gasteiger partial charge in [0.05, 0.1) is 18.9 Å². The molecule has 0 spiro atoms. The Bertz CT molecular complexity index is 1350. The van der Waals surface area contributed by atoms with Crippen molar-refractivity contribution in [1.29, 1.82) is 0 Å². The Hall–Kier alpha value is -4.10. The zero-order chi connectivity index (χ0) is 23.9. The molecule has 7 nitrogen and oxygen atoms in total. The van der Waals surface area contributed by atoms with Gasteiger partial charge >= 0.3 is 5.97 Å². The third kappa shape index (κ3) is 5.63. The summed E-state index contributed by atoms with van der Waals surface area (Å²) in [6.45, 7) is 0.387. The molecule has 0 aliphatic rings. The number of para-hydroxylation sites is 1. The average molecular weight is 476 g/mol. The minimum Gasteiger partial charge on any atom is -0.484 e. The SMILES string of the molecule is COC(=O)c1cccc(Cn2cc(C=NNC(=O)COc3ccc(Cl)cc3)c3ccccc32)c1. The number of carbonyl (C=O) groups excluding carboxylic acids is 2. The zero-order valence-electron chi connectivity index (χ0n) is 18.4. The zero-order valence-corrected chi connectivity index (χ0v) is 19.2. The lowest BCUT2D eigenvalue weighted by Crippen LogP contribution is -2.24. The highest BCUT2D eigenvalue weighted by Crippen LogP contribution is 2.22. The van der Waals surface area contributed by atoms with E-state index in [1.54, 1.807) is 36.5 Å². The number of benzene rings is 3. The van der Waals surface area contributed by atoms with Gasteiger partial charge in [0.2, 0.25) is 0 Å². The number of ether oxygens (including phenoxy) is 2. The molecule has 0 saturated heterocycles. The van der Waals surface area contributed by atoms with Gasteiger partial charge in [-0.2, -0.15) is 5.10 Å². The average Bonchev–Trinajstić information content (AvgIpc) is 3.20. The maximum absolute atomic E-state index is 12.1. The molecule has 4 aromatic rings. The van der Waals surface area contributed by atoms with Crippen LogP contribution in [0.4, 0.5) is 0 Å². The molecule has 3 aromatic carbocycles. The van der Waals surface area contributed by atoms with Gasteiger partial charge in [0.25, 0.3) is 5.91 Å². The van der Waals surface area contributed by atoms with Gasteiger partial charge in [0.15, 0.2) is 6.61 Å². The van der Waals surface area contributed by atoms with E-state index in [0.717, 1.165) is 22.0 Å². The van der Waals surface area contributed by atoms with Crippen LogP contribution in [0.2, 0.25) is 5.02 Å². The molecular weight excluding hydrogens is 454 g/mol. The summed E-state index contributed by atoms with van der Waals surface area (Å²) in [6, 6.07) is 22.0. The highest BCUT2D eigenvalue weighted by molar-refractivity contribution is 6.30. The first kappa shape index (κ1) is 23.1. The van der Waals surface area contributed by atoms with Gasteiger partial charge in [0.1, 0.15) is 5.75 Å². The van der Waals surface area contributed by atoms with E-state index >= 15 is 0 Å². The number of hydrazone groups is 1. The topological polar surface area (TPSA) is 81.9 Å². The lowest BCUT2D eigenvalue weighted by atomic mass is 10.1. The van der Waals surface area contributed by atoms with Crippen LogP contribution in [0.15, 0.2) is 84.1 Å². The van der Waals surface area contributed by atoms with Crippen molar-refractivity contribution in [1.82, 2.24) is 9.99 Å². The first-order valence-corrected chi connectivity index (χ1v) is 10.9. The Morgan fingerprint density at radius 2 is 1.85 bits per heavy atom. The highest BCUT2D eigenvalue weighted by atomic mass is 35.5. The van der Waals surface area contributed by atoms with Crippen molar-refractivity contribution in [2.45, 2.75) is 6.54 Å². The van der Waals surface area contributed by atoms with Crippen LogP contribution in [0, 0.1) is 0 Å². The number of hydrogen-bond acceptors (Lipinski definition) is 5. The number of methoxy groups -OCH3 is 1. The van der Waals surface area contributed by atoms with E-state index in [1.807, 2.05) is 48.7 Å². The molecule has 34 heavy (non-hydrogen) atoms. The van der Waals surface area contributed by atoms with E-state index in [4.69, 9.17) is 21.1 Å². The van der Waals surface area contributed by atoms with Gasteiger partial charge in [0, 0.05) is 34.2 Å². The van der Waals surface area contributed by atoms with Gasteiger partial charge in [-0.1, -0.05) is 41.9 Å². The third-order valence-electron chi connectivity index (χ3n) is 5.10. The monoisotopic (exact) mass is 475 g/mol. The number of nitrogens with zero attached hydrogens (tertiary/aromatic N) is 2. The predicted octanol–water partition coefficient (Wildman–Crippen LogP) is 4.66. The number of nitrogens with one attached hydrogen (secondary N) is 1. The third-order valence-corrected chi connectivity index (χ3v) is 5.35. The summed E-state index contributed by atoms with van der Waals surface area (Å²) in [5.41, 5.74) is 5.79. The van der Waals surface area contributed by atoms with Crippen molar-refractivity contribution in [3.8, 4) is 5.75 Å². The van der Waals surface area contributed by atoms with Crippen LogP contribution in [-0.2, 0) is 16.1 Å². The molecule has 172 valence electrons. The van der Waals surface area contributed by atoms with Gasteiger partial charge in [-0.3, -0.25) is 4.79 Å². The molecule has 0 radical (unpaired) electrons. The second-order valence-corrected chi connectivity index (χ2v) is 7.89. The molecule has 8 heteroatoms. The van der Waals surface area contributed by atoms with Crippen molar-refractivity contribution in [3.63, 3.8) is 0 Å². The Balaban J connectivity index is 1.45. The summed E-state index contributed by atoms with van der Waals surface area (Å²) < 4.78 is 12.3. The van der Waals surface area contributed by atoms with Crippen molar-refractivity contribution in [2.75, 3.05) is 13.7 Å². The van der Waals surface area contributed by atoms with E-state index in [2.05, 4.69) is 15.1 Å². The van der Waals surface area contributed by atoms with Crippen molar-refractivity contribution in [3.05, 3.63) is 101 Å². The fourth-order valence-corrected chi connectivity index (χ4v) is 3.63. The number of fused-ring (bicyclic) bond motifs is 1. The van der Waals surface area contributed by atoms with Crippen LogP contribution in [0.1, 0.15) is 21.5 Å². The van der Waals surface area contributed by atoms with E-state index < -0.39 is 0 Å². The van der Waals surface area contributed by atoms with E-state index in [1.165, 1.54) is 7.11 Å². The molecule has 0 fully saturated rings. The number of esters is 1. The maximum Gasteiger partial charge on any atom is 0.337 e. The smallest absolute Gasteiger partial charge is 0.337 e. The summed E-state index contributed by atoms with van der Waals surface area (Å²) >= 11 is 5.84. The Morgan fingerprint density at radius 3 is 2.65 bits per heavy atom. The normalized spacial score (nSPS) is 11.0. The second-order valence-electron chi connectivity index (χ2n) is 7.46. The molecule has 1 aromatic heterocycles. The first-order chi connectivity index (χ1) is 16.5. The lowest BCUT2D eigenvalue weighted by molar-refractivity contribution is -0.123. The Labute approximate surface area is 201 Å². The molecule has 0 atom stereocenters. The van der Waals surface area contributed by atoms with Gasteiger partial charge < -0.3 is 14.0 Å². The van der Waals surface area contributed by atoms with Crippen LogP contribution in [0.5, 0.6) is 5.75 Å². The molecule has 4 rings (SSSR count). The second kappa shape index (κ2) is 10.7. The first-order valence-electron chi connectivity index (χ1n) is 10.5. The van der Waals surface area contributed by atoms with Gasteiger partial charge in [-0.15, -0.1) is 0 Å². The molecule has 0 saturated carbocycles. The van der Waals surface area contributed by atoms with E-state index in [-0.39, 0.29) is 18.5 Å². The molecule has 0 unspecified atom stereocenters. The molecular formula is C26H22ClN3O4. The molecule has 0 aliphatic heterocycles. The molecule has 1 N–H and O–H groups in total. The molecule has 0 bridgehead atoms. The number of carbonyl (C=O) groups is 2. The molecule has 1 amide bonds. The summed E-state index contributed by atoms with van der Waals surface area (Å²) in [5, 5.41) is 5.67. The van der Waals surface area contributed by atoms with E-state index in [0.29, 0.717) is 22.9 Å². The number of halogens is 1.